The first-order valence-electron chi connectivity index (χ1n) is 9.46. The van der Waals surface area contributed by atoms with Gasteiger partial charge in [-0.2, -0.15) is 10.1 Å². The van der Waals surface area contributed by atoms with Gasteiger partial charge in [0.2, 0.25) is 11.8 Å². The van der Waals surface area contributed by atoms with Crippen molar-refractivity contribution in [1.82, 2.24) is 30.1 Å². The number of carbonyl (C=O) groups is 2. The lowest BCUT2D eigenvalue weighted by Crippen LogP contribution is -2.27. The Morgan fingerprint density at radius 2 is 2.10 bits per heavy atom. The molecule has 0 bridgehead atoms. The number of hydrogen-bond donors (Lipinski definition) is 1. The highest BCUT2D eigenvalue weighted by atomic mass is 16.5. The molecular weight excluding hydrogens is 372 g/mol. The standard InChI is InChI=1S/C20H22N6O3/c1-13-10-16(25(2)23-13)19(28)21-11-17-22-20(29-24-17)15-8-9-18(27)26(15)12-14-6-4-3-5-7-14/h3-7,10,15H,8-9,11-12H2,1-2H3,(H,21,28)/t15-/m0/s1. The van der Waals surface area contributed by atoms with Crippen molar-refractivity contribution in [3.05, 3.63) is 65.1 Å². The lowest BCUT2D eigenvalue weighted by molar-refractivity contribution is -0.130. The molecular formula is C20H22N6O3. The van der Waals surface area contributed by atoms with Crippen molar-refractivity contribution in [3.63, 3.8) is 0 Å². The van der Waals surface area contributed by atoms with E-state index in [0.29, 0.717) is 36.8 Å². The van der Waals surface area contributed by atoms with Crippen molar-refractivity contribution in [3.8, 4) is 0 Å². The van der Waals surface area contributed by atoms with Gasteiger partial charge >= 0.3 is 0 Å². The minimum atomic E-state index is -0.263. The van der Waals surface area contributed by atoms with E-state index in [9.17, 15) is 9.59 Å². The molecule has 1 N–H and O–H groups in total. The van der Waals surface area contributed by atoms with Crippen LogP contribution in [0.5, 0.6) is 0 Å². The summed E-state index contributed by atoms with van der Waals surface area (Å²) in [6.45, 7) is 2.46. The van der Waals surface area contributed by atoms with Crippen LogP contribution in [0.4, 0.5) is 0 Å². The van der Waals surface area contributed by atoms with Crippen molar-refractivity contribution in [2.75, 3.05) is 0 Å². The molecule has 1 fully saturated rings. The molecule has 29 heavy (non-hydrogen) atoms. The van der Waals surface area contributed by atoms with E-state index in [2.05, 4.69) is 20.6 Å². The Kier molecular flexibility index (Phi) is 5.11. The summed E-state index contributed by atoms with van der Waals surface area (Å²) in [7, 11) is 1.72. The number of likely N-dealkylation sites (tertiary alicyclic amines) is 1. The summed E-state index contributed by atoms with van der Waals surface area (Å²) >= 11 is 0. The molecule has 1 saturated heterocycles. The number of benzene rings is 1. The number of aryl methyl sites for hydroxylation is 2. The highest BCUT2D eigenvalue weighted by molar-refractivity contribution is 5.92. The average molecular weight is 394 g/mol. The number of nitrogens with one attached hydrogen (secondary N) is 1. The molecule has 0 aliphatic carbocycles. The minimum absolute atomic E-state index is 0.0680. The first kappa shape index (κ1) is 18.9. The second-order valence-electron chi connectivity index (χ2n) is 7.09. The predicted octanol–water partition coefficient (Wildman–Crippen LogP) is 1.91. The molecule has 3 heterocycles. The largest absolute Gasteiger partial charge is 0.343 e. The normalized spacial score (nSPS) is 16.4. The van der Waals surface area contributed by atoms with Crippen molar-refractivity contribution < 1.29 is 14.1 Å². The first-order chi connectivity index (χ1) is 14.0. The maximum atomic E-state index is 12.3. The molecule has 2 aromatic heterocycles. The molecule has 0 unspecified atom stereocenters. The number of amides is 2. The molecule has 2 amide bonds. The van der Waals surface area contributed by atoms with E-state index in [1.807, 2.05) is 37.3 Å². The molecule has 0 spiro atoms. The van der Waals surface area contributed by atoms with Gasteiger partial charge in [0.05, 0.1) is 12.2 Å². The Morgan fingerprint density at radius 3 is 2.83 bits per heavy atom. The van der Waals surface area contributed by atoms with Crippen molar-refractivity contribution in [2.24, 2.45) is 7.05 Å². The second kappa shape index (κ2) is 7.86. The average Bonchev–Trinajstić information content (AvgIpc) is 3.40. The predicted molar refractivity (Wildman–Crippen MR) is 102 cm³/mol. The third kappa shape index (κ3) is 4.03. The monoisotopic (exact) mass is 394 g/mol. The van der Waals surface area contributed by atoms with E-state index in [4.69, 9.17) is 4.52 Å². The summed E-state index contributed by atoms with van der Waals surface area (Å²) in [6.07, 6.45) is 1.08. The number of nitrogens with zero attached hydrogens (tertiary/aromatic N) is 5. The van der Waals surface area contributed by atoms with Crippen molar-refractivity contribution >= 4 is 11.8 Å². The number of carbonyl (C=O) groups excluding carboxylic acids is 2. The third-order valence-electron chi connectivity index (χ3n) is 4.93. The summed E-state index contributed by atoms with van der Waals surface area (Å²) in [5.74, 6) is 0.568. The molecule has 9 nitrogen and oxygen atoms in total. The van der Waals surface area contributed by atoms with E-state index in [-0.39, 0.29) is 24.4 Å². The summed E-state index contributed by atoms with van der Waals surface area (Å²) in [6, 6.07) is 11.3. The topological polar surface area (TPSA) is 106 Å². The van der Waals surface area contributed by atoms with Crippen LogP contribution in [-0.2, 0) is 24.9 Å². The van der Waals surface area contributed by atoms with Crippen molar-refractivity contribution in [1.29, 1.82) is 0 Å². The van der Waals surface area contributed by atoms with Crippen molar-refractivity contribution in [2.45, 2.75) is 38.9 Å². The Morgan fingerprint density at radius 1 is 1.31 bits per heavy atom. The molecule has 0 saturated carbocycles. The van der Waals surface area contributed by atoms with Crippen LogP contribution in [0.3, 0.4) is 0 Å². The van der Waals surface area contributed by atoms with E-state index < -0.39 is 0 Å². The second-order valence-corrected chi connectivity index (χ2v) is 7.09. The van der Waals surface area contributed by atoms with E-state index in [1.165, 1.54) is 4.68 Å². The molecule has 1 aliphatic rings. The van der Waals surface area contributed by atoms with Crippen LogP contribution < -0.4 is 5.32 Å². The summed E-state index contributed by atoms with van der Waals surface area (Å²) < 4.78 is 6.93. The first-order valence-corrected chi connectivity index (χ1v) is 9.46. The fourth-order valence-corrected chi connectivity index (χ4v) is 3.52. The number of aromatic nitrogens is 4. The summed E-state index contributed by atoms with van der Waals surface area (Å²) in [5, 5.41) is 10.9. The molecule has 150 valence electrons. The van der Waals surface area contributed by atoms with Gasteiger partial charge in [-0.15, -0.1) is 0 Å². The Hall–Kier alpha value is -3.49. The van der Waals surface area contributed by atoms with Crippen LogP contribution in [0, 0.1) is 6.92 Å². The van der Waals surface area contributed by atoms with Gasteiger partial charge in [-0.1, -0.05) is 35.5 Å². The van der Waals surface area contributed by atoms with Crippen LogP contribution in [0.15, 0.2) is 40.9 Å². The number of hydrogen-bond acceptors (Lipinski definition) is 6. The zero-order valence-corrected chi connectivity index (χ0v) is 16.3. The molecule has 0 radical (unpaired) electrons. The molecule has 1 atom stereocenters. The molecule has 3 aromatic rings. The maximum Gasteiger partial charge on any atom is 0.269 e. The highest BCUT2D eigenvalue weighted by Gasteiger charge is 2.35. The number of rotatable bonds is 6. The maximum absolute atomic E-state index is 12.3. The smallest absolute Gasteiger partial charge is 0.269 e. The van der Waals surface area contributed by atoms with Gasteiger partial charge in [0.1, 0.15) is 11.7 Å². The van der Waals surface area contributed by atoms with Gasteiger partial charge in [0.15, 0.2) is 5.82 Å². The summed E-state index contributed by atoms with van der Waals surface area (Å²) in [4.78, 5) is 30.8. The van der Waals surface area contributed by atoms with Crippen LogP contribution in [0.1, 0.15) is 52.3 Å². The Labute approximate surface area is 167 Å². The van der Waals surface area contributed by atoms with Gasteiger partial charge in [-0.3, -0.25) is 14.3 Å². The van der Waals surface area contributed by atoms with Crippen LogP contribution in [-0.4, -0.2) is 36.6 Å². The van der Waals surface area contributed by atoms with Gasteiger partial charge in [-0.25, -0.2) is 0 Å². The van der Waals surface area contributed by atoms with Gasteiger partial charge in [0, 0.05) is 20.0 Å². The SMILES string of the molecule is Cc1cc(C(=O)NCc2noc([C@@H]3CCC(=O)N3Cc3ccccc3)n2)n(C)n1. The van der Waals surface area contributed by atoms with E-state index >= 15 is 0 Å². The zero-order chi connectivity index (χ0) is 20.4. The quantitative estimate of drug-likeness (QED) is 0.684. The zero-order valence-electron chi connectivity index (χ0n) is 16.3. The lowest BCUT2D eigenvalue weighted by Gasteiger charge is -2.22. The van der Waals surface area contributed by atoms with Gasteiger partial charge in [-0.05, 0) is 25.0 Å². The molecule has 4 rings (SSSR count). The fraction of sp³-hybridized carbons (Fsp3) is 0.350. The summed E-state index contributed by atoms with van der Waals surface area (Å²) in [5.41, 5.74) is 2.27. The molecule has 1 aliphatic heterocycles. The van der Waals surface area contributed by atoms with Crippen LogP contribution in [0.2, 0.25) is 0 Å². The van der Waals surface area contributed by atoms with Gasteiger partial charge in [0.25, 0.3) is 5.91 Å². The van der Waals surface area contributed by atoms with E-state index in [0.717, 1.165) is 11.3 Å². The van der Waals surface area contributed by atoms with E-state index in [1.54, 1.807) is 18.0 Å². The molecule has 9 heteroatoms. The third-order valence-corrected chi connectivity index (χ3v) is 4.93. The Bertz CT molecular complexity index is 1030. The van der Waals surface area contributed by atoms with Crippen LogP contribution >= 0.6 is 0 Å². The minimum Gasteiger partial charge on any atom is -0.343 e. The van der Waals surface area contributed by atoms with Gasteiger partial charge < -0.3 is 14.7 Å². The van der Waals surface area contributed by atoms with Crippen LogP contribution in [0.25, 0.3) is 0 Å². The Balaban J connectivity index is 1.42. The highest BCUT2D eigenvalue weighted by Crippen LogP contribution is 2.33. The lowest BCUT2D eigenvalue weighted by atomic mass is 10.2. The molecule has 1 aromatic carbocycles. The fourth-order valence-electron chi connectivity index (χ4n) is 3.52.